The smallest absolute Gasteiger partial charge is 0.179 e. The van der Waals surface area contributed by atoms with Crippen LogP contribution in [0.15, 0.2) is 36.5 Å². The largest absolute Gasteiger partial charge is 0.490 e. The summed E-state index contributed by atoms with van der Waals surface area (Å²) in [7, 11) is 0. The van der Waals surface area contributed by atoms with Crippen molar-refractivity contribution in [3.63, 3.8) is 0 Å². The number of hydrogen-bond donors (Lipinski definition) is 1. The van der Waals surface area contributed by atoms with Crippen LogP contribution in [0.25, 0.3) is 0 Å². The number of nitrogens with zero attached hydrogens (tertiary/aromatic N) is 1. The molecule has 4 nitrogen and oxygen atoms in total. The Balaban J connectivity index is 0.00000264. The molecule has 0 saturated carbocycles. The van der Waals surface area contributed by atoms with Crippen molar-refractivity contribution in [1.29, 1.82) is 0 Å². The van der Waals surface area contributed by atoms with E-state index >= 15 is 0 Å². The van der Waals surface area contributed by atoms with E-state index in [1.165, 1.54) is 0 Å². The molecule has 1 N–H and O–H groups in total. The first-order valence-electron chi connectivity index (χ1n) is 7.43. The Bertz CT molecular complexity index is 595. The Morgan fingerprint density at radius 3 is 2.52 bits per heavy atom. The highest BCUT2D eigenvalue weighted by molar-refractivity contribution is 6.32. The Morgan fingerprint density at radius 1 is 1.09 bits per heavy atom. The van der Waals surface area contributed by atoms with Crippen LogP contribution in [0.1, 0.15) is 25.1 Å². The average Bonchev–Trinajstić information content (AvgIpc) is 2.52. The van der Waals surface area contributed by atoms with E-state index in [9.17, 15) is 0 Å². The van der Waals surface area contributed by atoms with Crippen molar-refractivity contribution in [2.24, 2.45) is 0 Å². The SMILES string of the molecule is CCOc1cc(CNCc2ccccn2)cc(Cl)c1OCC.Cl. The Kier molecular flexibility index (Phi) is 8.77. The van der Waals surface area contributed by atoms with E-state index < -0.39 is 0 Å². The second-order valence-corrected chi connectivity index (χ2v) is 5.10. The van der Waals surface area contributed by atoms with Gasteiger partial charge in [0.2, 0.25) is 0 Å². The molecule has 6 heteroatoms. The number of ether oxygens (including phenoxy) is 2. The van der Waals surface area contributed by atoms with Gasteiger partial charge < -0.3 is 14.8 Å². The molecule has 0 atom stereocenters. The monoisotopic (exact) mass is 356 g/mol. The van der Waals surface area contributed by atoms with Gasteiger partial charge in [0.25, 0.3) is 0 Å². The molecule has 126 valence electrons. The first-order valence-corrected chi connectivity index (χ1v) is 7.81. The number of rotatable bonds is 8. The quantitative estimate of drug-likeness (QED) is 0.767. The van der Waals surface area contributed by atoms with Crippen LogP contribution in [0.3, 0.4) is 0 Å². The topological polar surface area (TPSA) is 43.4 Å². The Hall–Kier alpha value is -1.49. The molecule has 0 unspecified atom stereocenters. The highest BCUT2D eigenvalue weighted by Crippen LogP contribution is 2.36. The summed E-state index contributed by atoms with van der Waals surface area (Å²) in [5, 5.41) is 3.92. The van der Waals surface area contributed by atoms with Gasteiger partial charge in [-0.25, -0.2) is 0 Å². The van der Waals surface area contributed by atoms with E-state index in [-0.39, 0.29) is 12.4 Å². The zero-order chi connectivity index (χ0) is 15.8. The molecule has 2 aromatic rings. The van der Waals surface area contributed by atoms with Crippen molar-refractivity contribution in [1.82, 2.24) is 10.3 Å². The van der Waals surface area contributed by atoms with Gasteiger partial charge in [-0.2, -0.15) is 0 Å². The first-order chi connectivity index (χ1) is 10.7. The molecule has 0 bridgehead atoms. The maximum Gasteiger partial charge on any atom is 0.179 e. The van der Waals surface area contributed by atoms with Crippen LogP contribution in [0.5, 0.6) is 11.5 Å². The molecule has 1 aromatic carbocycles. The number of pyridine rings is 1. The fraction of sp³-hybridized carbons (Fsp3) is 0.353. The summed E-state index contributed by atoms with van der Waals surface area (Å²) in [6, 6.07) is 9.74. The van der Waals surface area contributed by atoms with Crippen molar-refractivity contribution in [2.45, 2.75) is 26.9 Å². The van der Waals surface area contributed by atoms with Gasteiger partial charge in [0.05, 0.1) is 23.9 Å². The van der Waals surface area contributed by atoms with Gasteiger partial charge in [-0.05, 0) is 43.7 Å². The lowest BCUT2D eigenvalue weighted by molar-refractivity contribution is 0.287. The van der Waals surface area contributed by atoms with E-state index in [0.29, 0.717) is 42.8 Å². The number of benzene rings is 1. The van der Waals surface area contributed by atoms with E-state index in [0.717, 1.165) is 11.3 Å². The molecule has 0 fully saturated rings. The zero-order valence-corrected chi connectivity index (χ0v) is 14.9. The van der Waals surface area contributed by atoms with Gasteiger partial charge >= 0.3 is 0 Å². The summed E-state index contributed by atoms with van der Waals surface area (Å²) in [6.07, 6.45) is 1.79. The van der Waals surface area contributed by atoms with Gasteiger partial charge in [-0.15, -0.1) is 12.4 Å². The second-order valence-electron chi connectivity index (χ2n) is 4.70. The van der Waals surface area contributed by atoms with E-state index in [1.54, 1.807) is 6.20 Å². The van der Waals surface area contributed by atoms with Crippen LogP contribution in [-0.4, -0.2) is 18.2 Å². The highest BCUT2D eigenvalue weighted by Gasteiger charge is 2.12. The lowest BCUT2D eigenvalue weighted by atomic mass is 10.2. The number of nitrogens with one attached hydrogen (secondary N) is 1. The number of halogens is 2. The maximum absolute atomic E-state index is 6.30. The molecule has 1 heterocycles. The summed E-state index contributed by atoms with van der Waals surface area (Å²) in [4.78, 5) is 4.28. The fourth-order valence-electron chi connectivity index (χ4n) is 2.11. The molecule has 23 heavy (non-hydrogen) atoms. The summed E-state index contributed by atoms with van der Waals surface area (Å²) >= 11 is 6.30. The predicted octanol–water partition coefficient (Wildman–Crippen LogP) is 4.24. The van der Waals surface area contributed by atoms with Crippen molar-refractivity contribution in [3.05, 3.63) is 52.8 Å². The molecule has 0 aliphatic carbocycles. The molecular weight excluding hydrogens is 335 g/mol. The van der Waals surface area contributed by atoms with Crippen molar-refractivity contribution in [3.8, 4) is 11.5 Å². The fourth-order valence-corrected chi connectivity index (χ4v) is 2.40. The third kappa shape index (κ3) is 5.90. The Morgan fingerprint density at radius 2 is 1.87 bits per heavy atom. The minimum atomic E-state index is 0. The molecule has 0 spiro atoms. The van der Waals surface area contributed by atoms with Crippen molar-refractivity contribution < 1.29 is 9.47 Å². The highest BCUT2D eigenvalue weighted by atomic mass is 35.5. The molecule has 1 aromatic heterocycles. The molecular formula is C17H22Cl2N2O2. The lowest BCUT2D eigenvalue weighted by Gasteiger charge is -2.14. The second kappa shape index (κ2) is 10.3. The first kappa shape index (κ1) is 19.6. The molecule has 0 amide bonds. The summed E-state index contributed by atoms with van der Waals surface area (Å²) in [6.45, 7) is 6.38. The molecule has 2 rings (SSSR count). The van der Waals surface area contributed by atoms with Gasteiger partial charge in [0.15, 0.2) is 11.5 Å². The van der Waals surface area contributed by atoms with E-state index in [2.05, 4.69) is 10.3 Å². The summed E-state index contributed by atoms with van der Waals surface area (Å²) < 4.78 is 11.2. The molecule has 0 aliphatic rings. The summed E-state index contributed by atoms with van der Waals surface area (Å²) in [5.74, 6) is 1.30. The maximum atomic E-state index is 6.30. The average molecular weight is 357 g/mol. The third-order valence-corrected chi connectivity index (χ3v) is 3.30. The van der Waals surface area contributed by atoms with E-state index in [1.807, 2.05) is 44.2 Å². The third-order valence-electron chi connectivity index (χ3n) is 3.02. The molecule has 0 saturated heterocycles. The van der Waals surface area contributed by atoms with Gasteiger partial charge in [-0.1, -0.05) is 17.7 Å². The van der Waals surface area contributed by atoms with Crippen LogP contribution < -0.4 is 14.8 Å². The standard InChI is InChI=1S/C17H21ClN2O2.ClH/c1-3-21-16-10-13(9-15(18)17(16)22-4-2)11-19-12-14-7-5-6-8-20-14;/h5-10,19H,3-4,11-12H2,1-2H3;1H. The normalized spacial score (nSPS) is 10.0. The van der Waals surface area contributed by atoms with Crippen LogP contribution in [0, 0.1) is 0 Å². The van der Waals surface area contributed by atoms with Crippen molar-refractivity contribution >= 4 is 24.0 Å². The predicted molar refractivity (Wildman–Crippen MR) is 95.8 cm³/mol. The Labute approximate surface area is 148 Å². The molecule has 0 radical (unpaired) electrons. The zero-order valence-electron chi connectivity index (χ0n) is 13.3. The van der Waals surface area contributed by atoms with Gasteiger partial charge in [0.1, 0.15) is 0 Å². The lowest BCUT2D eigenvalue weighted by Crippen LogP contribution is -2.13. The minimum Gasteiger partial charge on any atom is -0.490 e. The van der Waals surface area contributed by atoms with Crippen LogP contribution in [0.2, 0.25) is 5.02 Å². The summed E-state index contributed by atoms with van der Waals surface area (Å²) in [5.41, 5.74) is 2.05. The number of hydrogen-bond acceptors (Lipinski definition) is 4. The van der Waals surface area contributed by atoms with Crippen LogP contribution in [0.4, 0.5) is 0 Å². The van der Waals surface area contributed by atoms with Crippen molar-refractivity contribution in [2.75, 3.05) is 13.2 Å². The van der Waals surface area contributed by atoms with Gasteiger partial charge in [-0.3, -0.25) is 4.98 Å². The number of aromatic nitrogens is 1. The molecule has 0 aliphatic heterocycles. The van der Waals surface area contributed by atoms with Crippen LogP contribution >= 0.6 is 24.0 Å². The minimum absolute atomic E-state index is 0. The van der Waals surface area contributed by atoms with Gasteiger partial charge in [0, 0.05) is 19.3 Å². The van der Waals surface area contributed by atoms with E-state index in [4.69, 9.17) is 21.1 Å². The van der Waals surface area contributed by atoms with Crippen LogP contribution in [-0.2, 0) is 13.1 Å².